The van der Waals surface area contributed by atoms with Gasteiger partial charge in [-0.3, -0.25) is 4.79 Å². The van der Waals surface area contributed by atoms with Crippen molar-refractivity contribution in [1.29, 1.82) is 0 Å². The van der Waals surface area contributed by atoms with Crippen LogP contribution in [0.5, 0.6) is 0 Å². The normalized spacial score (nSPS) is 23.3. The first-order chi connectivity index (χ1) is 8.86. The summed E-state index contributed by atoms with van der Waals surface area (Å²) in [6.07, 6.45) is 1.73. The summed E-state index contributed by atoms with van der Waals surface area (Å²) in [7, 11) is -4.00. The lowest BCUT2D eigenvalue weighted by atomic mass is 10.2. The molecule has 1 heterocycles. The molecule has 0 bridgehead atoms. The summed E-state index contributed by atoms with van der Waals surface area (Å²) < 4.78 is 28.8. The standard InChI is InChI=1S/C11H14N2O4S2/c1-7-3-5-8(6-4-7)19(15,16)17-13-10(14)9(12)11(13)18-2/h3-6,9,11H,12H2,1-2H3/t9-,11-/m1/s1. The number of nitrogens with zero attached hydrogens (tertiary/aromatic N) is 1. The molecular formula is C11H14N2O4S2. The van der Waals surface area contributed by atoms with Gasteiger partial charge in [-0.2, -0.15) is 13.5 Å². The van der Waals surface area contributed by atoms with Crippen LogP contribution in [0.25, 0.3) is 0 Å². The van der Waals surface area contributed by atoms with Crippen LogP contribution in [0.1, 0.15) is 5.56 Å². The van der Waals surface area contributed by atoms with E-state index >= 15 is 0 Å². The van der Waals surface area contributed by atoms with Crippen molar-refractivity contribution >= 4 is 27.8 Å². The molecular weight excluding hydrogens is 288 g/mol. The van der Waals surface area contributed by atoms with Gasteiger partial charge < -0.3 is 5.73 Å². The number of nitrogens with two attached hydrogens (primary N) is 1. The maximum atomic E-state index is 12.0. The van der Waals surface area contributed by atoms with E-state index in [0.717, 1.165) is 10.6 Å². The molecule has 6 nitrogen and oxygen atoms in total. The molecule has 1 saturated heterocycles. The average Bonchev–Trinajstić information content (AvgIpc) is 2.38. The van der Waals surface area contributed by atoms with Gasteiger partial charge in [-0.05, 0) is 25.3 Å². The minimum atomic E-state index is -4.00. The Balaban J connectivity index is 2.18. The lowest BCUT2D eigenvalue weighted by molar-refractivity contribution is -0.181. The fraction of sp³-hybridized carbons (Fsp3) is 0.364. The monoisotopic (exact) mass is 302 g/mol. The molecule has 1 amide bonds. The Kier molecular flexibility index (Phi) is 3.86. The van der Waals surface area contributed by atoms with Gasteiger partial charge in [0.05, 0.1) is 4.90 Å². The molecule has 0 radical (unpaired) electrons. The number of amides is 1. The molecule has 0 spiro atoms. The van der Waals surface area contributed by atoms with Crippen LogP contribution >= 0.6 is 11.8 Å². The average molecular weight is 302 g/mol. The van der Waals surface area contributed by atoms with Crippen molar-refractivity contribution in [3.63, 3.8) is 0 Å². The zero-order chi connectivity index (χ0) is 14.2. The van der Waals surface area contributed by atoms with Gasteiger partial charge in [0.1, 0.15) is 11.4 Å². The van der Waals surface area contributed by atoms with E-state index in [1.807, 2.05) is 6.92 Å². The SMILES string of the molecule is CS[C@@H]1[C@H](N)C(=O)N1OS(=O)(=O)c1ccc(C)cc1. The topological polar surface area (TPSA) is 89.7 Å². The van der Waals surface area contributed by atoms with E-state index in [4.69, 9.17) is 10.0 Å². The minimum Gasteiger partial charge on any atom is -0.317 e. The van der Waals surface area contributed by atoms with Gasteiger partial charge >= 0.3 is 10.1 Å². The number of aryl methyl sites for hydroxylation is 1. The highest BCUT2D eigenvalue weighted by Gasteiger charge is 2.48. The second-order valence-corrected chi connectivity index (χ2v) is 6.64. The summed E-state index contributed by atoms with van der Waals surface area (Å²) in [5, 5.41) is 0.331. The highest BCUT2D eigenvalue weighted by atomic mass is 32.2. The Hall–Kier alpha value is -1.09. The molecule has 1 aromatic carbocycles. The third kappa shape index (κ3) is 2.62. The number of β-lactam (4-membered cyclic amide) rings is 1. The lowest BCUT2D eigenvalue weighted by Gasteiger charge is -2.41. The van der Waals surface area contributed by atoms with Gasteiger partial charge in [-0.15, -0.1) is 16.0 Å². The molecule has 2 rings (SSSR count). The fourth-order valence-electron chi connectivity index (χ4n) is 1.63. The maximum Gasteiger partial charge on any atom is 0.317 e. The second-order valence-electron chi connectivity index (χ2n) is 4.16. The Bertz CT molecular complexity index is 585. The molecule has 19 heavy (non-hydrogen) atoms. The van der Waals surface area contributed by atoms with E-state index in [0.29, 0.717) is 0 Å². The molecule has 1 aromatic rings. The second kappa shape index (κ2) is 5.12. The molecule has 2 atom stereocenters. The molecule has 8 heteroatoms. The Morgan fingerprint density at radius 1 is 1.32 bits per heavy atom. The fourth-order valence-corrected chi connectivity index (χ4v) is 3.37. The Morgan fingerprint density at radius 3 is 2.42 bits per heavy atom. The molecule has 1 aliphatic rings. The van der Waals surface area contributed by atoms with E-state index in [-0.39, 0.29) is 4.90 Å². The van der Waals surface area contributed by atoms with Crippen LogP contribution in [-0.4, -0.2) is 37.1 Å². The summed E-state index contributed by atoms with van der Waals surface area (Å²) in [4.78, 5) is 11.5. The number of carbonyl (C=O) groups is 1. The van der Waals surface area contributed by atoms with Crippen LogP contribution in [0.4, 0.5) is 0 Å². The molecule has 0 unspecified atom stereocenters. The highest BCUT2D eigenvalue weighted by Crippen LogP contribution is 2.29. The van der Waals surface area contributed by atoms with Crippen molar-refractivity contribution in [2.24, 2.45) is 5.73 Å². The van der Waals surface area contributed by atoms with Crippen molar-refractivity contribution < 1.29 is 17.5 Å². The summed E-state index contributed by atoms with van der Waals surface area (Å²) in [5.41, 5.74) is 6.49. The molecule has 0 aliphatic carbocycles. The molecule has 1 fully saturated rings. The van der Waals surface area contributed by atoms with E-state index in [1.165, 1.54) is 23.9 Å². The first kappa shape index (κ1) is 14.3. The lowest BCUT2D eigenvalue weighted by Crippen LogP contribution is -2.67. The number of hydroxylamine groups is 2. The van der Waals surface area contributed by atoms with Gasteiger partial charge in [0.2, 0.25) is 0 Å². The zero-order valence-corrected chi connectivity index (χ0v) is 12.1. The molecule has 0 aromatic heterocycles. The van der Waals surface area contributed by atoms with Gasteiger partial charge in [0, 0.05) is 0 Å². The minimum absolute atomic E-state index is 0.00576. The number of carbonyl (C=O) groups excluding carboxylic acids is 1. The van der Waals surface area contributed by atoms with Gasteiger partial charge in [-0.1, -0.05) is 17.7 Å². The Labute approximate surface area is 116 Å². The predicted molar refractivity (Wildman–Crippen MR) is 71.6 cm³/mol. The maximum absolute atomic E-state index is 12.0. The van der Waals surface area contributed by atoms with Crippen LogP contribution < -0.4 is 5.73 Å². The van der Waals surface area contributed by atoms with Crippen LogP contribution in [0.3, 0.4) is 0 Å². The highest BCUT2D eigenvalue weighted by molar-refractivity contribution is 7.99. The third-order valence-corrected chi connectivity index (χ3v) is 4.94. The summed E-state index contributed by atoms with van der Waals surface area (Å²) in [6.45, 7) is 1.85. The smallest absolute Gasteiger partial charge is 0.317 e. The van der Waals surface area contributed by atoms with Crippen LogP contribution in [0, 0.1) is 6.92 Å². The van der Waals surface area contributed by atoms with E-state index in [1.54, 1.807) is 18.4 Å². The first-order valence-electron chi connectivity index (χ1n) is 5.49. The zero-order valence-electron chi connectivity index (χ0n) is 10.4. The van der Waals surface area contributed by atoms with E-state index in [2.05, 4.69) is 0 Å². The number of benzene rings is 1. The van der Waals surface area contributed by atoms with E-state index in [9.17, 15) is 13.2 Å². The van der Waals surface area contributed by atoms with Crippen molar-refractivity contribution in [3.8, 4) is 0 Å². The van der Waals surface area contributed by atoms with Crippen LogP contribution in [-0.2, 0) is 19.2 Å². The van der Waals surface area contributed by atoms with Gasteiger partial charge in [0.25, 0.3) is 5.91 Å². The van der Waals surface area contributed by atoms with Crippen LogP contribution in [0.15, 0.2) is 29.2 Å². The molecule has 1 aliphatic heterocycles. The van der Waals surface area contributed by atoms with Crippen molar-refractivity contribution in [3.05, 3.63) is 29.8 Å². The largest absolute Gasteiger partial charge is 0.317 e. The van der Waals surface area contributed by atoms with Crippen molar-refractivity contribution in [2.45, 2.75) is 23.2 Å². The predicted octanol–water partition coefficient (Wildman–Crippen LogP) is 0.474. The van der Waals surface area contributed by atoms with Crippen molar-refractivity contribution in [2.75, 3.05) is 6.26 Å². The summed E-state index contributed by atoms with van der Waals surface area (Å²) in [6, 6.07) is 5.47. The summed E-state index contributed by atoms with van der Waals surface area (Å²) in [5.74, 6) is -0.532. The number of hydrogen-bond donors (Lipinski definition) is 1. The van der Waals surface area contributed by atoms with Crippen molar-refractivity contribution in [1.82, 2.24) is 5.06 Å². The quantitative estimate of drug-likeness (QED) is 0.813. The first-order valence-corrected chi connectivity index (χ1v) is 8.19. The summed E-state index contributed by atoms with van der Waals surface area (Å²) >= 11 is 1.26. The van der Waals surface area contributed by atoms with Crippen LogP contribution in [0.2, 0.25) is 0 Å². The molecule has 2 N–H and O–H groups in total. The Morgan fingerprint density at radius 2 is 1.89 bits per heavy atom. The van der Waals surface area contributed by atoms with E-state index < -0.39 is 27.4 Å². The third-order valence-electron chi connectivity index (χ3n) is 2.77. The number of rotatable bonds is 4. The number of hydrogen-bond acceptors (Lipinski definition) is 6. The molecule has 104 valence electrons. The molecule has 0 saturated carbocycles. The number of thioether (sulfide) groups is 1. The van der Waals surface area contributed by atoms with Gasteiger partial charge in [0.15, 0.2) is 0 Å². The van der Waals surface area contributed by atoms with Gasteiger partial charge in [-0.25, -0.2) is 0 Å².